The lowest BCUT2D eigenvalue weighted by molar-refractivity contribution is -0.385. The third kappa shape index (κ3) is 4.15. The van der Waals surface area contributed by atoms with Crippen molar-refractivity contribution in [2.45, 2.75) is 4.90 Å². The molecule has 0 unspecified atom stereocenters. The fourth-order valence-corrected chi connectivity index (χ4v) is 2.76. The minimum atomic E-state index is -0.592. The summed E-state index contributed by atoms with van der Waals surface area (Å²) in [6.45, 7) is 4.17. The lowest BCUT2D eigenvalue weighted by Gasteiger charge is -2.26. The summed E-state index contributed by atoms with van der Waals surface area (Å²) in [5.41, 5.74) is -0.213. The minimum absolute atomic E-state index is 0.213. The number of non-ortho nitro benzene ring substituents is 1. The smallest absolute Gasteiger partial charge is 0.272 e. The van der Waals surface area contributed by atoms with E-state index in [0.29, 0.717) is 4.90 Å². The summed E-state index contributed by atoms with van der Waals surface area (Å²) in [6.07, 6.45) is 0. The number of rotatable bonds is 5. The van der Waals surface area contributed by atoms with Crippen LogP contribution in [0.5, 0.6) is 0 Å². The van der Waals surface area contributed by atoms with E-state index in [9.17, 15) is 14.5 Å². The normalized spacial score (nSPS) is 16.5. The molecule has 5 nitrogen and oxygen atoms in total. The molecule has 0 spiro atoms. The fourth-order valence-electron chi connectivity index (χ4n) is 1.83. The van der Waals surface area contributed by atoms with E-state index in [4.69, 9.17) is 4.74 Å². The number of nitro benzene ring substituents is 1. The van der Waals surface area contributed by atoms with Gasteiger partial charge < -0.3 is 4.74 Å². The molecule has 0 atom stereocenters. The highest BCUT2D eigenvalue weighted by molar-refractivity contribution is 7.99. The zero-order chi connectivity index (χ0) is 13.7. The SMILES string of the molecule is O=[N+]([O-])c1ccc(SCCN2CCOCC2)c(F)c1. The molecule has 0 amide bonds. The Hall–Kier alpha value is -1.18. The lowest BCUT2D eigenvalue weighted by Crippen LogP contribution is -2.37. The number of benzene rings is 1. The molecule has 1 aliphatic rings. The van der Waals surface area contributed by atoms with Crippen molar-refractivity contribution in [3.05, 3.63) is 34.1 Å². The van der Waals surface area contributed by atoms with Gasteiger partial charge >= 0.3 is 0 Å². The monoisotopic (exact) mass is 286 g/mol. The zero-order valence-electron chi connectivity index (χ0n) is 10.4. The highest BCUT2D eigenvalue weighted by atomic mass is 32.2. The first-order valence-corrected chi connectivity index (χ1v) is 7.02. The Bertz CT molecular complexity index is 453. The molecule has 1 fully saturated rings. The molecule has 0 aromatic heterocycles. The third-order valence-corrected chi connectivity index (χ3v) is 3.92. The summed E-state index contributed by atoms with van der Waals surface area (Å²) in [4.78, 5) is 12.6. The largest absolute Gasteiger partial charge is 0.379 e. The first-order chi connectivity index (χ1) is 9.16. The Morgan fingerprint density at radius 2 is 2.16 bits per heavy atom. The molecule has 1 aliphatic heterocycles. The third-order valence-electron chi connectivity index (χ3n) is 2.90. The number of halogens is 1. The standard InChI is InChI=1S/C12H15FN2O3S/c13-11-9-10(15(16)17)1-2-12(11)19-8-5-14-3-6-18-7-4-14/h1-2,9H,3-8H2. The number of ether oxygens (including phenoxy) is 1. The maximum Gasteiger partial charge on any atom is 0.272 e. The molecule has 0 N–H and O–H groups in total. The molecule has 1 aromatic carbocycles. The van der Waals surface area contributed by atoms with E-state index in [2.05, 4.69) is 4.90 Å². The van der Waals surface area contributed by atoms with Gasteiger partial charge in [0, 0.05) is 36.3 Å². The molecule has 0 bridgehead atoms. The fraction of sp³-hybridized carbons (Fsp3) is 0.500. The molecule has 0 radical (unpaired) electrons. The molecule has 19 heavy (non-hydrogen) atoms. The van der Waals surface area contributed by atoms with Crippen LogP contribution in [-0.4, -0.2) is 48.4 Å². The van der Waals surface area contributed by atoms with E-state index in [1.165, 1.54) is 23.9 Å². The van der Waals surface area contributed by atoms with Gasteiger partial charge in [-0.05, 0) is 6.07 Å². The molecular formula is C12H15FN2O3S. The van der Waals surface area contributed by atoms with Gasteiger partial charge in [-0.25, -0.2) is 4.39 Å². The summed E-state index contributed by atoms with van der Waals surface area (Å²) in [5.74, 6) is 0.232. The average Bonchev–Trinajstić information content (AvgIpc) is 2.41. The number of hydrogen-bond donors (Lipinski definition) is 0. The molecule has 2 rings (SSSR count). The van der Waals surface area contributed by atoms with Crippen molar-refractivity contribution in [1.82, 2.24) is 4.90 Å². The molecule has 1 saturated heterocycles. The minimum Gasteiger partial charge on any atom is -0.379 e. The summed E-state index contributed by atoms with van der Waals surface area (Å²) >= 11 is 1.38. The van der Waals surface area contributed by atoms with Gasteiger partial charge in [0.1, 0.15) is 5.82 Å². The molecule has 0 aliphatic carbocycles. The van der Waals surface area contributed by atoms with Crippen LogP contribution >= 0.6 is 11.8 Å². The van der Waals surface area contributed by atoms with Crippen LogP contribution in [-0.2, 0) is 4.74 Å². The zero-order valence-corrected chi connectivity index (χ0v) is 11.2. The van der Waals surface area contributed by atoms with Gasteiger partial charge in [-0.3, -0.25) is 15.0 Å². The maximum absolute atomic E-state index is 13.6. The van der Waals surface area contributed by atoms with Crippen molar-refractivity contribution >= 4 is 17.4 Å². The van der Waals surface area contributed by atoms with Crippen molar-refractivity contribution in [2.75, 3.05) is 38.6 Å². The number of nitro groups is 1. The van der Waals surface area contributed by atoms with Crippen LogP contribution in [0.2, 0.25) is 0 Å². The number of thioether (sulfide) groups is 1. The van der Waals surface area contributed by atoms with Gasteiger partial charge in [0.2, 0.25) is 0 Å². The molecule has 7 heteroatoms. The van der Waals surface area contributed by atoms with E-state index in [-0.39, 0.29) is 5.69 Å². The van der Waals surface area contributed by atoms with Gasteiger partial charge in [-0.15, -0.1) is 11.8 Å². The van der Waals surface area contributed by atoms with Crippen molar-refractivity contribution < 1.29 is 14.1 Å². The topological polar surface area (TPSA) is 55.6 Å². The number of hydrogen-bond acceptors (Lipinski definition) is 5. The van der Waals surface area contributed by atoms with E-state index in [0.717, 1.165) is 44.7 Å². The second-order valence-corrected chi connectivity index (χ2v) is 5.31. The van der Waals surface area contributed by atoms with Crippen molar-refractivity contribution in [3.63, 3.8) is 0 Å². The van der Waals surface area contributed by atoms with E-state index >= 15 is 0 Å². The molecule has 0 saturated carbocycles. The van der Waals surface area contributed by atoms with E-state index in [1.807, 2.05) is 0 Å². The molecular weight excluding hydrogens is 271 g/mol. The Morgan fingerprint density at radius 1 is 1.42 bits per heavy atom. The van der Waals surface area contributed by atoms with Crippen molar-refractivity contribution in [1.29, 1.82) is 0 Å². The van der Waals surface area contributed by atoms with Crippen LogP contribution in [0.3, 0.4) is 0 Å². The Balaban J connectivity index is 1.83. The van der Waals surface area contributed by atoms with Crippen LogP contribution in [0.4, 0.5) is 10.1 Å². The first kappa shape index (κ1) is 14.2. The first-order valence-electron chi connectivity index (χ1n) is 6.03. The summed E-state index contributed by atoms with van der Waals surface area (Å²) in [7, 11) is 0. The van der Waals surface area contributed by atoms with Crippen LogP contribution in [0, 0.1) is 15.9 Å². The van der Waals surface area contributed by atoms with Crippen LogP contribution < -0.4 is 0 Å². The van der Waals surface area contributed by atoms with Gasteiger partial charge in [-0.2, -0.15) is 0 Å². The van der Waals surface area contributed by atoms with Crippen LogP contribution in [0.25, 0.3) is 0 Å². The summed E-state index contributed by atoms with van der Waals surface area (Å²) in [5, 5.41) is 10.5. The quantitative estimate of drug-likeness (QED) is 0.471. The molecule has 1 aromatic rings. The Labute approximate surface area is 114 Å². The highest BCUT2D eigenvalue weighted by Crippen LogP contribution is 2.25. The predicted octanol–water partition coefficient (Wildman–Crippen LogP) is 2.16. The second kappa shape index (κ2) is 6.83. The summed E-state index contributed by atoms with van der Waals surface area (Å²) in [6, 6.07) is 3.77. The van der Waals surface area contributed by atoms with Gasteiger partial charge in [-0.1, -0.05) is 0 Å². The predicted molar refractivity (Wildman–Crippen MR) is 71.0 cm³/mol. The number of morpholine rings is 1. The van der Waals surface area contributed by atoms with Gasteiger partial charge in [0.05, 0.1) is 24.2 Å². The highest BCUT2D eigenvalue weighted by Gasteiger charge is 2.13. The van der Waals surface area contributed by atoms with E-state index in [1.54, 1.807) is 0 Å². The van der Waals surface area contributed by atoms with Crippen molar-refractivity contribution in [2.24, 2.45) is 0 Å². The van der Waals surface area contributed by atoms with E-state index < -0.39 is 10.7 Å². The van der Waals surface area contributed by atoms with Crippen LogP contribution in [0.1, 0.15) is 0 Å². The van der Waals surface area contributed by atoms with Gasteiger partial charge in [0.15, 0.2) is 0 Å². The molecule has 104 valence electrons. The van der Waals surface area contributed by atoms with Crippen LogP contribution in [0.15, 0.2) is 23.1 Å². The number of nitrogens with zero attached hydrogens (tertiary/aromatic N) is 2. The Kier molecular flexibility index (Phi) is 5.12. The second-order valence-electron chi connectivity index (χ2n) is 4.17. The lowest BCUT2D eigenvalue weighted by atomic mass is 10.3. The van der Waals surface area contributed by atoms with Crippen molar-refractivity contribution in [3.8, 4) is 0 Å². The summed E-state index contributed by atoms with van der Waals surface area (Å²) < 4.78 is 18.9. The molecule has 1 heterocycles. The maximum atomic E-state index is 13.6. The average molecular weight is 286 g/mol. The Morgan fingerprint density at radius 3 is 2.79 bits per heavy atom. The van der Waals surface area contributed by atoms with Gasteiger partial charge in [0.25, 0.3) is 5.69 Å².